The van der Waals surface area contributed by atoms with E-state index in [1.807, 2.05) is 6.92 Å². The van der Waals surface area contributed by atoms with Crippen molar-refractivity contribution in [2.75, 3.05) is 20.8 Å². The van der Waals surface area contributed by atoms with Gasteiger partial charge in [0.1, 0.15) is 0 Å². The third kappa shape index (κ3) is 2.71. The van der Waals surface area contributed by atoms with E-state index in [2.05, 4.69) is 0 Å². The molecule has 0 aromatic rings. The summed E-state index contributed by atoms with van der Waals surface area (Å²) in [5, 5.41) is 9.81. The van der Waals surface area contributed by atoms with Crippen LogP contribution in [0.4, 0.5) is 0 Å². The highest BCUT2D eigenvalue weighted by Crippen LogP contribution is 2.19. The molecule has 0 spiro atoms. The van der Waals surface area contributed by atoms with Gasteiger partial charge in [-0.3, -0.25) is 0 Å². The average molecular weight is 178 g/mol. The molecule has 0 bridgehead atoms. The van der Waals surface area contributed by atoms with E-state index in [0.717, 1.165) is 0 Å². The Hall–Kier alpha value is -0.160. The summed E-state index contributed by atoms with van der Waals surface area (Å²) in [7, 11) is 2.93. The van der Waals surface area contributed by atoms with Gasteiger partial charge < -0.3 is 19.3 Å². The molecule has 0 saturated heterocycles. The number of methoxy groups -OCH3 is 2. The lowest BCUT2D eigenvalue weighted by atomic mass is 10.2. The minimum atomic E-state index is -1.34. The molecule has 0 saturated carbocycles. The summed E-state index contributed by atoms with van der Waals surface area (Å²) >= 11 is 0. The first-order valence-electron chi connectivity index (χ1n) is 4.06. The van der Waals surface area contributed by atoms with E-state index >= 15 is 0 Å². The van der Waals surface area contributed by atoms with Gasteiger partial charge in [-0.2, -0.15) is 0 Å². The van der Waals surface area contributed by atoms with Crippen LogP contribution in [-0.2, 0) is 14.2 Å². The molecule has 12 heavy (non-hydrogen) atoms. The normalized spacial score (nSPS) is 16.5. The van der Waals surface area contributed by atoms with Crippen molar-refractivity contribution in [3.05, 3.63) is 0 Å². The fraction of sp³-hybridized carbons (Fsp3) is 1.00. The van der Waals surface area contributed by atoms with Crippen LogP contribution < -0.4 is 0 Å². The van der Waals surface area contributed by atoms with Crippen molar-refractivity contribution in [1.29, 1.82) is 0 Å². The minimum absolute atomic E-state index is 0.424. The van der Waals surface area contributed by atoms with Crippen molar-refractivity contribution < 1.29 is 19.3 Å². The molecule has 0 heterocycles. The number of hydrogen-bond donors (Lipinski definition) is 1. The van der Waals surface area contributed by atoms with Gasteiger partial charge in [-0.25, -0.2) is 0 Å². The highest BCUT2D eigenvalue weighted by atomic mass is 16.7. The van der Waals surface area contributed by atoms with E-state index in [-0.39, 0.29) is 0 Å². The van der Waals surface area contributed by atoms with Gasteiger partial charge in [0.25, 0.3) is 0 Å². The van der Waals surface area contributed by atoms with E-state index in [4.69, 9.17) is 14.2 Å². The third-order valence-electron chi connectivity index (χ3n) is 1.70. The molecule has 0 aliphatic heterocycles. The van der Waals surface area contributed by atoms with Gasteiger partial charge in [0.2, 0.25) is 12.1 Å². The largest absolute Gasteiger partial charge is 0.362 e. The monoisotopic (exact) mass is 178 g/mol. The summed E-state index contributed by atoms with van der Waals surface area (Å²) in [4.78, 5) is 0. The average Bonchev–Trinajstić information content (AvgIpc) is 2.07. The first-order chi connectivity index (χ1) is 5.64. The summed E-state index contributed by atoms with van der Waals surface area (Å²) in [6.45, 7) is 4.04. The van der Waals surface area contributed by atoms with Crippen molar-refractivity contribution in [3.8, 4) is 0 Å². The molecule has 1 atom stereocenters. The van der Waals surface area contributed by atoms with Crippen molar-refractivity contribution >= 4 is 0 Å². The zero-order valence-corrected chi connectivity index (χ0v) is 8.16. The Morgan fingerprint density at radius 2 is 1.75 bits per heavy atom. The molecule has 1 unspecified atom stereocenters. The van der Waals surface area contributed by atoms with E-state index in [1.165, 1.54) is 14.2 Å². The Morgan fingerprint density at radius 1 is 1.25 bits per heavy atom. The molecular formula is C8H18O4. The van der Waals surface area contributed by atoms with Gasteiger partial charge in [0, 0.05) is 27.2 Å². The Bertz CT molecular complexity index is 114. The molecule has 0 fully saturated rings. The molecule has 0 aromatic heterocycles. The first kappa shape index (κ1) is 11.8. The van der Waals surface area contributed by atoms with Crippen LogP contribution in [0.3, 0.4) is 0 Å². The van der Waals surface area contributed by atoms with Crippen LogP contribution in [0.25, 0.3) is 0 Å². The lowest BCUT2D eigenvalue weighted by Gasteiger charge is -2.32. The van der Waals surface area contributed by atoms with Gasteiger partial charge in [-0.05, 0) is 6.92 Å². The summed E-state index contributed by atoms with van der Waals surface area (Å²) in [5.41, 5.74) is 0. The second kappa shape index (κ2) is 5.48. The van der Waals surface area contributed by atoms with Gasteiger partial charge in [0.05, 0.1) is 0 Å². The Balaban J connectivity index is 4.24. The quantitative estimate of drug-likeness (QED) is 0.609. The van der Waals surface area contributed by atoms with Crippen molar-refractivity contribution in [1.82, 2.24) is 0 Å². The fourth-order valence-corrected chi connectivity index (χ4v) is 1.05. The standard InChI is InChI=1S/C8H18O4/c1-5-8(9,12-6-2)7(10-3)11-4/h7,9H,5-6H2,1-4H3. The summed E-state index contributed by atoms with van der Waals surface area (Å²) in [6.07, 6.45) is -0.310. The second-order valence-electron chi connectivity index (χ2n) is 2.43. The zero-order chi connectivity index (χ0) is 9.61. The zero-order valence-electron chi connectivity index (χ0n) is 8.16. The molecule has 0 aliphatic carbocycles. The van der Waals surface area contributed by atoms with Crippen molar-refractivity contribution in [3.63, 3.8) is 0 Å². The van der Waals surface area contributed by atoms with E-state index in [1.54, 1.807) is 6.92 Å². The van der Waals surface area contributed by atoms with Crippen LogP contribution in [-0.4, -0.2) is 38.0 Å². The van der Waals surface area contributed by atoms with Crippen molar-refractivity contribution in [2.45, 2.75) is 32.3 Å². The summed E-state index contributed by atoms with van der Waals surface area (Å²) in [6, 6.07) is 0. The third-order valence-corrected chi connectivity index (χ3v) is 1.70. The first-order valence-corrected chi connectivity index (χ1v) is 4.06. The molecule has 0 aromatic carbocycles. The van der Waals surface area contributed by atoms with Gasteiger partial charge in [-0.15, -0.1) is 0 Å². The number of hydrogen-bond acceptors (Lipinski definition) is 4. The van der Waals surface area contributed by atoms with Crippen LogP contribution >= 0.6 is 0 Å². The highest BCUT2D eigenvalue weighted by molar-refractivity contribution is 4.69. The molecule has 4 nitrogen and oxygen atoms in total. The fourth-order valence-electron chi connectivity index (χ4n) is 1.05. The maximum absolute atomic E-state index is 9.81. The maximum atomic E-state index is 9.81. The summed E-state index contributed by atoms with van der Waals surface area (Å²) in [5.74, 6) is -1.34. The van der Waals surface area contributed by atoms with Gasteiger partial charge in [0.15, 0.2) is 0 Å². The Morgan fingerprint density at radius 3 is 2.00 bits per heavy atom. The molecule has 0 aliphatic rings. The van der Waals surface area contributed by atoms with Crippen LogP contribution in [0, 0.1) is 0 Å². The number of rotatable bonds is 6. The van der Waals surface area contributed by atoms with Crippen LogP contribution in [0.5, 0.6) is 0 Å². The highest BCUT2D eigenvalue weighted by Gasteiger charge is 2.36. The Kier molecular flexibility index (Phi) is 5.41. The van der Waals surface area contributed by atoms with E-state index in [9.17, 15) is 5.11 Å². The minimum Gasteiger partial charge on any atom is -0.362 e. The second-order valence-corrected chi connectivity index (χ2v) is 2.43. The van der Waals surface area contributed by atoms with Crippen molar-refractivity contribution in [2.24, 2.45) is 0 Å². The molecule has 4 heteroatoms. The van der Waals surface area contributed by atoms with Crippen LogP contribution in [0.1, 0.15) is 20.3 Å². The maximum Gasteiger partial charge on any atom is 0.217 e. The van der Waals surface area contributed by atoms with Crippen LogP contribution in [0.15, 0.2) is 0 Å². The van der Waals surface area contributed by atoms with E-state index in [0.29, 0.717) is 13.0 Å². The predicted molar refractivity (Wildman–Crippen MR) is 44.7 cm³/mol. The number of aliphatic hydroxyl groups is 1. The number of ether oxygens (including phenoxy) is 3. The molecule has 0 radical (unpaired) electrons. The van der Waals surface area contributed by atoms with E-state index < -0.39 is 12.1 Å². The SMILES string of the molecule is CCOC(O)(CC)C(OC)OC. The topological polar surface area (TPSA) is 47.9 Å². The smallest absolute Gasteiger partial charge is 0.217 e. The molecule has 0 amide bonds. The Labute approximate surface area is 73.4 Å². The lowest BCUT2D eigenvalue weighted by molar-refractivity contribution is -0.324. The molecule has 1 N–H and O–H groups in total. The summed E-state index contributed by atoms with van der Waals surface area (Å²) < 4.78 is 14.9. The molecular weight excluding hydrogens is 160 g/mol. The van der Waals surface area contributed by atoms with Crippen LogP contribution in [0.2, 0.25) is 0 Å². The lowest BCUT2D eigenvalue weighted by Crippen LogP contribution is -2.46. The predicted octanol–water partition coefficient (Wildman–Crippen LogP) is 0.740. The van der Waals surface area contributed by atoms with Gasteiger partial charge >= 0.3 is 0 Å². The van der Waals surface area contributed by atoms with Gasteiger partial charge in [-0.1, -0.05) is 6.92 Å². The molecule has 74 valence electrons. The molecule has 0 rings (SSSR count).